The maximum absolute atomic E-state index is 12.7. The fourth-order valence-electron chi connectivity index (χ4n) is 2.85. The maximum Gasteiger partial charge on any atom is 0.245 e. The minimum Gasteiger partial charge on any atom is -0.323 e. The van der Waals surface area contributed by atoms with E-state index in [4.69, 9.17) is 0 Å². The summed E-state index contributed by atoms with van der Waals surface area (Å²) in [6.07, 6.45) is 3.41. The number of rotatable bonds is 6. The third kappa shape index (κ3) is 3.71. The highest BCUT2D eigenvalue weighted by Gasteiger charge is 2.40. The van der Waals surface area contributed by atoms with Crippen LogP contribution < -0.4 is 5.32 Å². The van der Waals surface area contributed by atoms with Gasteiger partial charge in [-0.3, -0.25) is 14.3 Å². The van der Waals surface area contributed by atoms with E-state index in [1.165, 1.54) is 0 Å². The molecule has 0 saturated carbocycles. The molecular formula is C16H24N2O2S. The molecule has 0 bridgehead atoms. The number of hydrogen-bond donors (Lipinski definition) is 1. The van der Waals surface area contributed by atoms with Crippen LogP contribution >= 0.6 is 0 Å². The van der Waals surface area contributed by atoms with Crippen LogP contribution in [0.1, 0.15) is 38.3 Å². The summed E-state index contributed by atoms with van der Waals surface area (Å²) >= 11 is 0. The lowest BCUT2D eigenvalue weighted by atomic mass is 10.1. The van der Waals surface area contributed by atoms with E-state index in [2.05, 4.69) is 12.2 Å². The highest BCUT2D eigenvalue weighted by Crippen LogP contribution is 2.27. The molecule has 1 aliphatic heterocycles. The van der Waals surface area contributed by atoms with E-state index in [-0.39, 0.29) is 24.2 Å². The molecule has 0 radical (unpaired) electrons. The fourth-order valence-corrected chi connectivity index (χ4v) is 3.52. The first-order valence-electron chi connectivity index (χ1n) is 7.47. The molecule has 1 heterocycles. The average Bonchev–Trinajstić information content (AvgIpc) is 2.82. The van der Waals surface area contributed by atoms with Gasteiger partial charge in [0, 0.05) is 28.9 Å². The number of amides is 1. The minimum atomic E-state index is -0.814. The van der Waals surface area contributed by atoms with E-state index in [9.17, 15) is 9.00 Å². The SMILES string of the molecule is CCC1NC(c2ccccc2)C(=O)N1C(C)CCS(C)=O. The van der Waals surface area contributed by atoms with Crippen molar-refractivity contribution in [3.63, 3.8) is 0 Å². The van der Waals surface area contributed by atoms with Crippen LogP contribution in [0.25, 0.3) is 0 Å². The highest BCUT2D eigenvalue weighted by molar-refractivity contribution is 7.84. The fraction of sp³-hybridized carbons (Fsp3) is 0.562. The summed E-state index contributed by atoms with van der Waals surface area (Å²) in [5.41, 5.74) is 1.01. The average molecular weight is 308 g/mol. The first kappa shape index (κ1) is 16.2. The lowest BCUT2D eigenvalue weighted by Gasteiger charge is -2.29. The van der Waals surface area contributed by atoms with Crippen molar-refractivity contribution in [2.24, 2.45) is 0 Å². The zero-order valence-corrected chi connectivity index (χ0v) is 13.7. The van der Waals surface area contributed by atoms with Crippen molar-refractivity contribution >= 4 is 16.7 Å². The summed E-state index contributed by atoms with van der Waals surface area (Å²) in [5.74, 6) is 0.764. The Bertz CT molecular complexity index is 506. The predicted molar refractivity (Wildman–Crippen MR) is 86.3 cm³/mol. The second-order valence-electron chi connectivity index (χ2n) is 5.59. The van der Waals surface area contributed by atoms with Gasteiger partial charge < -0.3 is 4.90 Å². The molecule has 0 aliphatic carbocycles. The van der Waals surface area contributed by atoms with E-state index in [0.717, 1.165) is 18.4 Å². The first-order valence-corrected chi connectivity index (χ1v) is 9.20. The molecule has 0 aromatic heterocycles. The van der Waals surface area contributed by atoms with E-state index in [1.54, 1.807) is 6.26 Å². The van der Waals surface area contributed by atoms with Gasteiger partial charge in [0.05, 0.1) is 6.17 Å². The quantitative estimate of drug-likeness (QED) is 0.875. The van der Waals surface area contributed by atoms with Gasteiger partial charge in [-0.05, 0) is 25.3 Å². The van der Waals surface area contributed by atoms with Crippen LogP contribution in [0.4, 0.5) is 0 Å². The number of hydrogen-bond acceptors (Lipinski definition) is 3. The van der Waals surface area contributed by atoms with Crippen molar-refractivity contribution in [3.05, 3.63) is 35.9 Å². The van der Waals surface area contributed by atoms with Gasteiger partial charge in [-0.25, -0.2) is 0 Å². The van der Waals surface area contributed by atoms with E-state index < -0.39 is 10.8 Å². The first-order chi connectivity index (χ1) is 10.0. The molecule has 1 N–H and O–H groups in total. The summed E-state index contributed by atoms with van der Waals surface area (Å²) in [5, 5.41) is 3.43. The maximum atomic E-state index is 12.7. The molecule has 21 heavy (non-hydrogen) atoms. The molecule has 1 aromatic carbocycles. The topological polar surface area (TPSA) is 49.4 Å². The Kier molecular flexibility index (Phi) is 5.53. The summed E-state index contributed by atoms with van der Waals surface area (Å²) < 4.78 is 11.3. The summed E-state index contributed by atoms with van der Waals surface area (Å²) in [4.78, 5) is 14.7. The number of carbonyl (C=O) groups excluding carboxylic acids is 1. The van der Waals surface area contributed by atoms with Crippen LogP contribution in [0.2, 0.25) is 0 Å². The number of nitrogens with zero attached hydrogens (tertiary/aromatic N) is 1. The molecule has 1 amide bonds. The van der Waals surface area contributed by atoms with Crippen LogP contribution in [0.5, 0.6) is 0 Å². The molecule has 116 valence electrons. The summed E-state index contributed by atoms with van der Waals surface area (Å²) in [7, 11) is -0.814. The lowest BCUT2D eigenvalue weighted by molar-refractivity contribution is -0.132. The Labute approximate surface area is 129 Å². The molecule has 0 spiro atoms. The van der Waals surface area contributed by atoms with Gasteiger partial charge in [-0.2, -0.15) is 0 Å². The molecule has 1 fully saturated rings. The van der Waals surface area contributed by atoms with Crippen LogP contribution in [-0.4, -0.2) is 39.2 Å². The third-order valence-electron chi connectivity index (χ3n) is 4.01. The van der Waals surface area contributed by atoms with Gasteiger partial charge in [0.25, 0.3) is 0 Å². The largest absolute Gasteiger partial charge is 0.323 e. The molecule has 1 aliphatic rings. The van der Waals surface area contributed by atoms with Crippen LogP contribution in [0, 0.1) is 0 Å². The third-order valence-corrected chi connectivity index (χ3v) is 4.82. The van der Waals surface area contributed by atoms with Gasteiger partial charge in [0.15, 0.2) is 0 Å². The van der Waals surface area contributed by atoms with Crippen molar-refractivity contribution in [1.29, 1.82) is 0 Å². The van der Waals surface area contributed by atoms with Crippen LogP contribution in [0.15, 0.2) is 30.3 Å². The molecule has 1 aromatic rings. The predicted octanol–water partition coefficient (Wildman–Crippen LogP) is 2.05. The molecule has 4 atom stereocenters. The Morgan fingerprint density at radius 3 is 2.57 bits per heavy atom. The Hall–Kier alpha value is -1.20. The summed E-state index contributed by atoms with van der Waals surface area (Å²) in [6, 6.07) is 9.68. The van der Waals surface area contributed by atoms with Gasteiger partial charge in [0.2, 0.25) is 5.91 Å². The smallest absolute Gasteiger partial charge is 0.245 e. The standard InChI is InChI=1S/C16H24N2O2S/c1-4-14-17-15(13-8-6-5-7-9-13)16(19)18(14)12(2)10-11-21(3)20/h5-9,12,14-15,17H,4,10-11H2,1-3H3. The van der Waals surface area contributed by atoms with Gasteiger partial charge >= 0.3 is 0 Å². The summed E-state index contributed by atoms with van der Waals surface area (Å²) in [6.45, 7) is 4.12. The normalized spacial score (nSPS) is 25.1. The van der Waals surface area contributed by atoms with Crippen molar-refractivity contribution < 1.29 is 9.00 Å². The molecule has 4 unspecified atom stereocenters. The van der Waals surface area contributed by atoms with Crippen molar-refractivity contribution in [3.8, 4) is 0 Å². The van der Waals surface area contributed by atoms with E-state index >= 15 is 0 Å². The van der Waals surface area contributed by atoms with E-state index in [0.29, 0.717) is 5.75 Å². The van der Waals surface area contributed by atoms with Crippen molar-refractivity contribution in [2.45, 2.75) is 44.9 Å². The van der Waals surface area contributed by atoms with Crippen LogP contribution in [0.3, 0.4) is 0 Å². The molecule has 1 saturated heterocycles. The van der Waals surface area contributed by atoms with Crippen LogP contribution in [-0.2, 0) is 15.6 Å². The van der Waals surface area contributed by atoms with Crippen molar-refractivity contribution in [2.75, 3.05) is 12.0 Å². The van der Waals surface area contributed by atoms with Crippen molar-refractivity contribution in [1.82, 2.24) is 10.2 Å². The monoisotopic (exact) mass is 308 g/mol. The lowest BCUT2D eigenvalue weighted by Crippen LogP contribution is -2.43. The number of carbonyl (C=O) groups is 1. The molecule has 4 nitrogen and oxygen atoms in total. The second kappa shape index (κ2) is 7.18. The van der Waals surface area contributed by atoms with Gasteiger partial charge in [-0.1, -0.05) is 37.3 Å². The molecule has 5 heteroatoms. The van der Waals surface area contributed by atoms with Gasteiger partial charge in [0.1, 0.15) is 6.04 Å². The highest BCUT2D eigenvalue weighted by atomic mass is 32.2. The Morgan fingerprint density at radius 2 is 2.00 bits per heavy atom. The Morgan fingerprint density at radius 1 is 1.33 bits per heavy atom. The Balaban J connectivity index is 2.14. The molecular weight excluding hydrogens is 284 g/mol. The minimum absolute atomic E-state index is 0.0583. The van der Waals surface area contributed by atoms with E-state index in [1.807, 2.05) is 42.2 Å². The molecule has 2 rings (SSSR count). The number of benzene rings is 1. The zero-order valence-electron chi connectivity index (χ0n) is 12.9. The zero-order chi connectivity index (χ0) is 15.4. The number of nitrogens with one attached hydrogen (secondary N) is 1. The second-order valence-corrected chi connectivity index (χ2v) is 7.15. The van der Waals surface area contributed by atoms with Gasteiger partial charge in [-0.15, -0.1) is 0 Å².